The van der Waals surface area contributed by atoms with Crippen molar-refractivity contribution < 1.29 is 9.90 Å². The summed E-state index contributed by atoms with van der Waals surface area (Å²) in [5, 5.41) is 18.9. The van der Waals surface area contributed by atoms with Crippen LogP contribution < -0.4 is 0 Å². The van der Waals surface area contributed by atoms with Crippen LogP contribution >= 0.6 is 15.9 Å². The average molecular weight is 350 g/mol. The smallest absolute Gasteiger partial charge is 0.255 e. The molecule has 2 aliphatic heterocycles. The SMILES string of the molecule is N#Cc1cc(Br)ccc1C(=O)N1CCN2C[C@H](O)C[C@H]2C1. The highest BCUT2D eigenvalue weighted by molar-refractivity contribution is 9.10. The Morgan fingerprint density at radius 3 is 2.95 bits per heavy atom. The van der Waals surface area contributed by atoms with Gasteiger partial charge in [0.1, 0.15) is 0 Å². The van der Waals surface area contributed by atoms with Crippen molar-refractivity contribution in [2.45, 2.75) is 18.6 Å². The third-order valence-corrected chi connectivity index (χ3v) is 4.71. The van der Waals surface area contributed by atoms with E-state index < -0.39 is 0 Å². The molecule has 1 aromatic rings. The summed E-state index contributed by atoms with van der Waals surface area (Å²) in [6.07, 6.45) is 0.433. The predicted octanol–water partition coefficient (Wildman–Crippen LogP) is 1.21. The molecule has 0 aliphatic carbocycles. The lowest BCUT2D eigenvalue weighted by atomic mass is 10.1. The summed E-state index contributed by atoms with van der Waals surface area (Å²) in [4.78, 5) is 16.7. The number of aliphatic hydroxyl groups is 1. The maximum atomic E-state index is 12.6. The van der Waals surface area contributed by atoms with E-state index in [2.05, 4.69) is 26.9 Å². The summed E-state index contributed by atoms with van der Waals surface area (Å²) in [6, 6.07) is 7.46. The van der Waals surface area contributed by atoms with Crippen LogP contribution in [0, 0.1) is 11.3 Å². The summed E-state index contributed by atoms with van der Waals surface area (Å²) in [6.45, 7) is 2.75. The van der Waals surface area contributed by atoms with Crippen LogP contribution in [0.15, 0.2) is 22.7 Å². The van der Waals surface area contributed by atoms with Crippen molar-refractivity contribution in [2.75, 3.05) is 26.2 Å². The van der Waals surface area contributed by atoms with Gasteiger partial charge in [-0.15, -0.1) is 0 Å². The highest BCUT2D eigenvalue weighted by Crippen LogP contribution is 2.24. The molecule has 2 aliphatic rings. The minimum Gasteiger partial charge on any atom is -0.392 e. The minimum absolute atomic E-state index is 0.0971. The monoisotopic (exact) mass is 349 g/mol. The van der Waals surface area contributed by atoms with Crippen LogP contribution in [0.5, 0.6) is 0 Å². The molecule has 2 atom stereocenters. The van der Waals surface area contributed by atoms with Gasteiger partial charge in [0, 0.05) is 36.7 Å². The van der Waals surface area contributed by atoms with Crippen molar-refractivity contribution in [3.63, 3.8) is 0 Å². The Hall–Kier alpha value is -1.42. The molecular weight excluding hydrogens is 334 g/mol. The maximum absolute atomic E-state index is 12.6. The van der Waals surface area contributed by atoms with Crippen molar-refractivity contribution in [3.8, 4) is 6.07 Å². The first-order valence-electron chi connectivity index (χ1n) is 6.99. The number of piperazine rings is 1. The molecule has 0 aromatic heterocycles. The molecule has 2 fully saturated rings. The van der Waals surface area contributed by atoms with Gasteiger partial charge in [-0.05, 0) is 24.6 Å². The lowest BCUT2D eigenvalue weighted by molar-refractivity contribution is 0.0569. The Bertz CT molecular complexity index is 613. The van der Waals surface area contributed by atoms with E-state index in [9.17, 15) is 15.2 Å². The topological polar surface area (TPSA) is 67.6 Å². The molecule has 1 aromatic carbocycles. The van der Waals surface area contributed by atoms with E-state index in [4.69, 9.17) is 0 Å². The number of amides is 1. The minimum atomic E-state index is -0.285. The quantitative estimate of drug-likeness (QED) is 0.827. The first kappa shape index (κ1) is 14.5. The summed E-state index contributed by atoms with van der Waals surface area (Å²) in [5.74, 6) is -0.0971. The molecule has 110 valence electrons. The standard InChI is InChI=1S/C15H16BrN3O2/c16-11-1-2-14(10(5-11)7-17)15(21)19-4-3-18-9-13(20)6-12(18)8-19/h1-2,5,12-13,20H,3-4,6,8-9H2/t12-,13+/m0/s1. The lowest BCUT2D eigenvalue weighted by Gasteiger charge is -2.37. The fourth-order valence-electron chi connectivity index (χ4n) is 3.17. The van der Waals surface area contributed by atoms with E-state index in [0.29, 0.717) is 30.8 Å². The van der Waals surface area contributed by atoms with Gasteiger partial charge in [-0.2, -0.15) is 5.26 Å². The number of hydrogen-bond donors (Lipinski definition) is 1. The molecule has 2 saturated heterocycles. The van der Waals surface area contributed by atoms with Crippen molar-refractivity contribution in [1.29, 1.82) is 5.26 Å². The second-order valence-corrected chi connectivity index (χ2v) is 6.51. The predicted molar refractivity (Wildman–Crippen MR) is 80.7 cm³/mol. The van der Waals surface area contributed by atoms with Gasteiger partial charge in [-0.1, -0.05) is 15.9 Å². The summed E-state index contributed by atoms with van der Waals surface area (Å²) in [7, 11) is 0. The average Bonchev–Trinajstić information content (AvgIpc) is 2.85. The maximum Gasteiger partial charge on any atom is 0.255 e. The number of aliphatic hydroxyl groups excluding tert-OH is 1. The largest absolute Gasteiger partial charge is 0.392 e. The number of carbonyl (C=O) groups is 1. The molecule has 0 bridgehead atoms. The van der Waals surface area contributed by atoms with Gasteiger partial charge < -0.3 is 10.0 Å². The Balaban J connectivity index is 1.79. The highest BCUT2D eigenvalue weighted by atomic mass is 79.9. The van der Waals surface area contributed by atoms with Gasteiger partial charge in [-0.25, -0.2) is 0 Å². The van der Waals surface area contributed by atoms with E-state index in [1.807, 2.05) is 0 Å². The highest BCUT2D eigenvalue weighted by Gasteiger charge is 2.37. The number of benzene rings is 1. The van der Waals surface area contributed by atoms with Crippen LogP contribution in [0.1, 0.15) is 22.3 Å². The van der Waals surface area contributed by atoms with Crippen LogP contribution in [0.2, 0.25) is 0 Å². The Labute approximate surface area is 131 Å². The third-order valence-electron chi connectivity index (χ3n) is 4.21. The van der Waals surface area contributed by atoms with E-state index in [0.717, 1.165) is 17.4 Å². The third kappa shape index (κ3) is 2.82. The zero-order valence-corrected chi connectivity index (χ0v) is 13.1. The number of carbonyl (C=O) groups excluding carboxylic acids is 1. The van der Waals surface area contributed by atoms with E-state index >= 15 is 0 Å². The molecule has 5 nitrogen and oxygen atoms in total. The fourth-order valence-corrected chi connectivity index (χ4v) is 3.53. The van der Waals surface area contributed by atoms with Crippen molar-refractivity contribution in [3.05, 3.63) is 33.8 Å². The summed E-state index contributed by atoms with van der Waals surface area (Å²) < 4.78 is 0.791. The molecule has 0 saturated carbocycles. The van der Waals surface area contributed by atoms with Gasteiger partial charge in [0.2, 0.25) is 0 Å². The fraction of sp³-hybridized carbons (Fsp3) is 0.467. The summed E-state index contributed by atoms with van der Waals surface area (Å²) in [5.41, 5.74) is 0.843. The van der Waals surface area contributed by atoms with Crippen LogP contribution in [0.25, 0.3) is 0 Å². The van der Waals surface area contributed by atoms with Crippen molar-refractivity contribution >= 4 is 21.8 Å². The molecular formula is C15H16BrN3O2. The molecule has 0 spiro atoms. The number of rotatable bonds is 1. The van der Waals surface area contributed by atoms with Crippen molar-refractivity contribution in [2.24, 2.45) is 0 Å². The first-order valence-corrected chi connectivity index (χ1v) is 7.79. The van der Waals surface area contributed by atoms with Crippen LogP contribution in [-0.4, -0.2) is 59.1 Å². The van der Waals surface area contributed by atoms with E-state index in [1.165, 1.54) is 0 Å². The molecule has 21 heavy (non-hydrogen) atoms. The molecule has 1 N–H and O–H groups in total. The van der Waals surface area contributed by atoms with Crippen molar-refractivity contribution in [1.82, 2.24) is 9.80 Å². The first-order chi connectivity index (χ1) is 10.1. The molecule has 0 radical (unpaired) electrons. The van der Waals surface area contributed by atoms with E-state index in [1.54, 1.807) is 23.1 Å². The Kier molecular flexibility index (Phi) is 3.98. The van der Waals surface area contributed by atoms with Gasteiger partial charge in [0.25, 0.3) is 5.91 Å². The molecule has 2 heterocycles. The lowest BCUT2D eigenvalue weighted by Crippen LogP contribution is -2.52. The second kappa shape index (κ2) is 5.76. The van der Waals surface area contributed by atoms with Gasteiger partial charge >= 0.3 is 0 Å². The second-order valence-electron chi connectivity index (χ2n) is 5.59. The van der Waals surface area contributed by atoms with Crippen LogP contribution in [0.3, 0.4) is 0 Å². The molecule has 3 rings (SSSR count). The zero-order chi connectivity index (χ0) is 15.0. The Morgan fingerprint density at radius 2 is 2.19 bits per heavy atom. The number of hydrogen-bond acceptors (Lipinski definition) is 4. The number of halogens is 1. The van der Waals surface area contributed by atoms with E-state index in [-0.39, 0.29) is 18.1 Å². The van der Waals surface area contributed by atoms with Gasteiger partial charge in [0.15, 0.2) is 0 Å². The van der Waals surface area contributed by atoms with Crippen LogP contribution in [0.4, 0.5) is 0 Å². The number of nitrogens with zero attached hydrogens (tertiary/aromatic N) is 3. The van der Waals surface area contributed by atoms with Gasteiger partial charge in [0.05, 0.1) is 23.3 Å². The normalized spacial score (nSPS) is 25.5. The zero-order valence-electron chi connectivity index (χ0n) is 11.5. The number of fused-ring (bicyclic) bond motifs is 1. The molecule has 6 heteroatoms. The number of nitriles is 1. The summed E-state index contributed by atoms with van der Waals surface area (Å²) >= 11 is 3.32. The molecule has 0 unspecified atom stereocenters. The Morgan fingerprint density at radius 1 is 1.38 bits per heavy atom. The van der Waals surface area contributed by atoms with Gasteiger partial charge in [-0.3, -0.25) is 9.69 Å². The van der Waals surface area contributed by atoms with Crippen LogP contribution in [-0.2, 0) is 0 Å². The molecule has 1 amide bonds.